The van der Waals surface area contributed by atoms with Crippen LogP contribution in [-0.4, -0.2) is 23.8 Å². The molecule has 0 bridgehead atoms. The van der Waals surface area contributed by atoms with Crippen molar-refractivity contribution in [2.24, 2.45) is 5.41 Å². The molecule has 2 aromatic rings. The second-order valence-corrected chi connectivity index (χ2v) is 7.29. The van der Waals surface area contributed by atoms with Crippen molar-refractivity contribution in [2.45, 2.75) is 40.3 Å². The van der Waals surface area contributed by atoms with Crippen LogP contribution in [0.25, 0.3) is 0 Å². The van der Waals surface area contributed by atoms with Gasteiger partial charge in [0.15, 0.2) is 5.76 Å². The van der Waals surface area contributed by atoms with Gasteiger partial charge in [-0.15, -0.1) is 0 Å². The molecule has 1 aromatic heterocycles. The highest BCUT2D eigenvalue weighted by molar-refractivity contribution is 6.02. The van der Waals surface area contributed by atoms with Crippen LogP contribution in [0, 0.1) is 5.41 Å². The largest absolute Gasteiger partial charge is 0.459 e. The zero-order valence-corrected chi connectivity index (χ0v) is 16.0. The molecule has 3 amide bonds. The van der Waals surface area contributed by atoms with Crippen LogP contribution in [0.4, 0.5) is 5.69 Å². The lowest BCUT2D eigenvalue weighted by atomic mass is 9.95. The Kier molecular flexibility index (Phi) is 6.39. The quantitative estimate of drug-likeness (QED) is 0.727. The van der Waals surface area contributed by atoms with E-state index in [0.29, 0.717) is 12.2 Å². The molecule has 0 aliphatic rings. The van der Waals surface area contributed by atoms with Crippen molar-refractivity contribution in [2.75, 3.05) is 5.32 Å². The van der Waals surface area contributed by atoms with E-state index in [-0.39, 0.29) is 23.5 Å². The van der Waals surface area contributed by atoms with Gasteiger partial charge in [-0.1, -0.05) is 32.9 Å². The Labute approximate surface area is 158 Å². The lowest BCUT2D eigenvalue weighted by molar-refractivity contribution is -0.133. The second-order valence-electron chi connectivity index (χ2n) is 7.29. The molecule has 1 heterocycles. The van der Waals surface area contributed by atoms with Crippen LogP contribution < -0.4 is 16.0 Å². The van der Waals surface area contributed by atoms with Gasteiger partial charge >= 0.3 is 0 Å². The van der Waals surface area contributed by atoms with Crippen molar-refractivity contribution in [1.82, 2.24) is 10.6 Å². The number of hydrogen-bond acceptors (Lipinski definition) is 4. The normalized spacial score (nSPS) is 12.1. The minimum absolute atomic E-state index is 0.179. The number of rotatable bonds is 6. The lowest BCUT2D eigenvalue weighted by Crippen LogP contribution is -2.48. The standard InChI is InChI=1S/C20H25N3O4/c1-13(22-19(26)20(2,3)4)17(24)21-12-14-7-9-15(10-8-14)23-18(25)16-6-5-11-27-16/h5-11,13H,12H2,1-4H3,(H,21,24)(H,22,26)(H,23,25). The molecule has 0 spiro atoms. The van der Waals surface area contributed by atoms with Gasteiger partial charge in [0.25, 0.3) is 5.91 Å². The maximum atomic E-state index is 12.1. The van der Waals surface area contributed by atoms with E-state index in [0.717, 1.165) is 5.56 Å². The fraction of sp³-hybridized carbons (Fsp3) is 0.350. The van der Waals surface area contributed by atoms with Crippen LogP contribution in [0.2, 0.25) is 0 Å². The molecule has 27 heavy (non-hydrogen) atoms. The SMILES string of the molecule is CC(NC(=O)C(C)(C)C)C(=O)NCc1ccc(NC(=O)c2ccco2)cc1. The zero-order chi connectivity index (χ0) is 20.0. The van der Waals surface area contributed by atoms with E-state index in [1.807, 2.05) is 0 Å². The summed E-state index contributed by atoms with van der Waals surface area (Å²) in [7, 11) is 0. The van der Waals surface area contributed by atoms with E-state index < -0.39 is 11.5 Å². The number of benzene rings is 1. The molecule has 0 aliphatic heterocycles. The van der Waals surface area contributed by atoms with E-state index >= 15 is 0 Å². The summed E-state index contributed by atoms with van der Waals surface area (Å²) >= 11 is 0. The van der Waals surface area contributed by atoms with Gasteiger partial charge in [0, 0.05) is 17.6 Å². The van der Waals surface area contributed by atoms with Gasteiger partial charge in [0.05, 0.1) is 6.26 Å². The summed E-state index contributed by atoms with van der Waals surface area (Å²) in [6.45, 7) is 7.34. The summed E-state index contributed by atoms with van der Waals surface area (Å²) < 4.78 is 5.04. The number of carbonyl (C=O) groups excluding carboxylic acids is 3. The zero-order valence-electron chi connectivity index (χ0n) is 16.0. The molecule has 1 unspecified atom stereocenters. The first-order chi connectivity index (χ1) is 12.7. The number of nitrogens with one attached hydrogen (secondary N) is 3. The highest BCUT2D eigenvalue weighted by Gasteiger charge is 2.24. The molecule has 1 aromatic carbocycles. The minimum Gasteiger partial charge on any atom is -0.459 e. The predicted molar refractivity (Wildman–Crippen MR) is 102 cm³/mol. The molecule has 7 heteroatoms. The molecule has 1 atom stereocenters. The van der Waals surface area contributed by atoms with Crippen LogP contribution in [0.5, 0.6) is 0 Å². The molecule has 7 nitrogen and oxygen atoms in total. The van der Waals surface area contributed by atoms with Gasteiger partial charge in [0.2, 0.25) is 11.8 Å². The lowest BCUT2D eigenvalue weighted by Gasteiger charge is -2.21. The summed E-state index contributed by atoms with van der Waals surface area (Å²) in [6.07, 6.45) is 1.44. The molecule has 0 saturated heterocycles. The number of hydrogen-bond donors (Lipinski definition) is 3. The maximum absolute atomic E-state index is 12.1. The van der Waals surface area contributed by atoms with Gasteiger partial charge in [-0.2, -0.15) is 0 Å². The van der Waals surface area contributed by atoms with Crippen LogP contribution in [0.3, 0.4) is 0 Å². The summed E-state index contributed by atoms with van der Waals surface area (Å²) in [4.78, 5) is 36.0. The minimum atomic E-state index is -0.622. The van der Waals surface area contributed by atoms with Crippen LogP contribution in [0.15, 0.2) is 47.1 Å². The number of carbonyl (C=O) groups is 3. The van der Waals surface area contributed by atoms with E-state index in [4.69, 9.17) is 4.42 Å². The first kappa shape index (κ1) is 20.2. The first-order valence-corrected chi connectivity index (χ1v) is 8.69. The maximum Gasteiger partial charge on any atom is 0.291 e. The summed E-state index contributed by atoms with van der Waals surface area (Å²) in [5.41, 5.74) is 0.941. The van der Waals surface area contributed by atoms with E-state index in [9.17, 15) is 14.4 Å². The highest BCUT2D eigenvalue weighted by atomic mass is 16.3. The Hall–Kier alpha value is -3.09. The van der Waals surface area contributed by atoms with Crippen molar-refractivity contribution < 1.29 is 18.8 Å². The van der Waals surface area contributed by atoms with Gasteiger partial charge in [-0.05, 0) is 36.8 Å². The Morgan fingerprint density at radius 1 is 1.07 bits per heavy atom. The van der Waals surface area contributed by atoms with Gasteiger partial charge in [-0.3, -0.25) is 14.4 Å². The Morgan fingerprint density at radius 3 is 2.30 bits per heavy atom. The van der Waals surface area contributed by atoms with Crippen molar-refractivity contribution in [3.63, 3.8) is 0 Å². The predicted octanol–water partition coefficient (Wildman–Crippen LogP) is 2.70. The third-order valence-corrected chi connectivity index (χ3v) is 3.85. The molecule has 2 rings (SSSR count). The summed E-state index contributed by atoms with van der Waals surface area (Å²) in [5, 5.41) is 8.20. The molecule has 144 valence electrons. The number of furan rings is 1. The fourth-order valence-electron chi connectivity index (χ4n) is 2.13. The van der Waals surface area contributed by atoms with Crippen molar-refractivity contribution in [3.8, 4) is 0 Å². The highest BCUT2D eigenvalue weighted by Crippen LogP contribution is 2.13. The van der Waals surface area contributed by atoms with E-state index in [1.165, 1.54) is 6.26 Å². The third-order valence-electron chi connectivity index (χ3n) is 3.85. The molecule has 3 N–H and O–H groups in total. The molecule has 0 fully saturated rings. The Bertz CT molecular complexity index is 790. The average molecular weight is 371 g/mol. The molecule has 0 aliphatic carbocycles. The monoisotopic (exact) mass is 371 g/mol. The third kappa shape index (κ3) is 5.99. The van der Waals surface area contributed by atoms with E-state index in [2.05, 4.69) is 16.0 Å². The fourth-order valence-corrected chi connectivity index (χ4v) is 2.13. The first-order valence-electron chi connectivity index (χ1n) is 8.69. The Balaban J connectivity index is 1.83. The topological polar surface area (TPSA) is 100 Å². The number of anilines is 1. The summed E-state index contributed by atoms with van der Waals surface area (Å²) in [6, 6.07) is 9.70. The van der Waals surface area contributed by atoms with Gasteiger partial charge in [-0.25, -0.2) is 0 Å². The molecular formula is C20H25N3O4. The number of amides is 3. The average Bonchev–Trinajstić information content (AvgIpc) is 3.14. The van der Waals surface area contributed by atoms with Gasteiger partial charge < -0.3 is 20.4 Å². The van der Waals surface area contributed by atoms with Crippen LogP contribution >= 0.6 is 0 Å². The van der Waals surface area contributed by atoms with Gasteiger partial charge in [0.1, 0.15) is 6.04 Å². The smallest absolute Gasteiger partial charge is 0.291 e. The Morgan fingerprint density at radius 2 is 1.74 bits per heavy atom. The molecular weight excluding hydrogens is 346 g/mol. The van der Waals surface area contributed by atoms with Crippen molar-refractivity contribution in [3.05, 3.63) is 54.0 Å². The van der Waals surface area contributed by atoms with Crippen LogP contribution in [-0.2, 0) is 16.1 Å². The summed E-state index contributed by atoms with van der Waals surface area (Å²) in [5.74, 6) is -0.535. The van der Waals surface area contributed by atoms with Crippen molar-refractivity contribution in [1.29, 1.82) is 0 Å². The van der Waals surface area contributed by atoms with Crippen molar-refractivity contribution >= 4 is 23.4 Å². The molecule has 0 radical (unpaired) electrons. The second kappa shape index (κ2) is 8.53. The van der Waals surface area contributed by atoms with Crippen LogP contribution in [0.1, 0.15) is 43.8 Å². The van der Waals surface area contributed by atoms with E-state index in [1.54, 1.807) is 64.1 Å². The molecule has 0 saturated carbocycles.